The number of carbonyl (C=O) groups is 2. The van der Waals surface area contributed by atoms with Gasteiger partial charge in [0, 0.05) is 16.8 Å². The lowest BCUT2D eigenvalue weighted by Gasteiger charge is -2.16. The molecule has 0 saturated heterocycles. The number of hydrogen-bond donors (Lipinski definition) is 0. The van der Waals surface area contributed by atoms with E-state index < -0.39 is 5.97 Å². The van der Waals surface area contributed by atoms with Crippen molar-refractivity contribution in [3.05, 3.63) is 45.1 Å². The number of carbonyl (C=O) groups excluding carboxylic acids is 2. The second kappa shape index (κ2) is 7.75. The predicted molar refractivity (Wildman–Crippen MR) is 91.4 cm³/mol. The lowest BCUT2D eigenvalue weighted by atomic mass is 9.99. The van der Waals surface area contributed by atoms with Crippen LogP contribution in [0.2, 0.25) is 10.0 Å². The summed E-state index contributed by atoms with van der Waals surface area (Å²) in [5.74, 6) is -0.627. The summed E-state index contributed by atoms with van der Waals surface area (Å²) in [6.07, 6.45) is 2.66. The normalized spacial score (nSPS) is 14.3. The summed E-state index contributed by atoms with van der Waals surface area (Å²) < 4.78 is 5.22. The van der Waals surface area contributed by atoms with E-state index in [2.05, 4.69) is 4.99 Å². The van der Waals surface area contributed by atoms with Gasteiger partial charge in [-0.2, -0.15) is 0 Å². The molecule has 4 nitrogen and oxygen atoms in total. The largest absolute Gasteiger partial charge is 0.460 e. The van der Waals surface area contributed by atoms with Crippen LogP contribution in [-0.2, 0) is 9.53 Å². The Kier molecular flexibility index (Phi) is 5.97. The standard InChI is InChI=1S/C17H17Cl2NO3/c1-10(2)23-17(22)13-4-3-7-20-15(13)9-16(21)12-6-5-11(18)8-14(12)19/h5-8,10H,3-4,9H2,1-2H3. The fraction of sp³-hybridized carbons (Fsp3) is 0.353. The number of halogens is 2. The lowest BCUT2D eigenvalue weighted by Crippen LogP contribution is -2.17. The minimum absolute atomic E-state index is 0.000378. The summed E-state index contributed by atoms with van der Waals surface area (Å²) in [4.78, 5) is 28.8. The zero-order valence-electron chi connectivity index (χ0n) is 12.9. The fourth-order valence-electron chi connectivity index (χ4n) is 2.23. The third kappa shape index (κ3) is 4.66. The van der Waals surface area contributed by atoms with Gasteiger partial charge in [-0.1, -0.05) is 23.2 Å². The Hall–Kier alpha value is -1.65. The van der Waals surface area contributed by atoms with Crippen LogP contribution in [-0.4, -0.2) is 24.1 Å². The number of benzene rings is 1. The first-order valence-corrected chi connectivity index (χ1v) is 8.08. The van der Waals surface area contributed by atoms with Crippen molar-refractivity contribution in [2.24, 2.45) is 4.99 Å². The zero-order chi connectivity index (χ0) is 17.0. The molecule has 1 aliphatic rings. The van der Waals surface area contributed by atoms with E-state index in [0.717, 1.165) is 0 Å². The van der Waals surface area contributed by atoms with E-state index in [9.17, 15) is 9.59 Å². The number of nitrogens with zero attached hydrogens (tertiary/aromatic N) is 1. The van der Waals surface area contributed by atoms with Gasteiger partial charge in [-0.25, -0.2) is 4.79 Å². The van der Waals surface area contributed by atoms with E-state index in [4.69, 9.17) is 27.9 Å². The van der Waals surface area contributed by atoms with Gasteiger partial charge in [0.05, 0.1) is 28.8 Å². The molecular weight excluding hydrogens is 337 g/mol. The van der Waals surface area contributed by atoms with Crippen molar-refractivity contribution in [1.29, 1.82) is 0 Å². The summed E-state index contributed by atoms with van der Waals surface area (Å²) in [7, 11) is 0. The van der Waals surface area contributed by atoms with Gasteiger partial charge >= 0.3 is 5.97 Å². The molecule has 0 saturated carbocycles. The number of ketones is 1. The predicted octanol–water partition coefficient (Wildman–Crippen LogP) is 4.64. The number of hydrogen-bond acceptors (Lipinski definition) is 4. The van der Waals surface area contributed by atoms with Crippen LogP contribution in [0.1, 0.15) is 43.5 Å². The van der Waals surface area contributed by atoms with Crippen molar-refractivity contribution in [1.82, 2.24) is 0 Å². The highest BCUT2D eigenvalue weighted by Crippen LogP contribution is 2.26. The van der Waals surface area contributed by atoms with E-state index in [1.54, 1.807) is 32.2 Å². The van der Waals surface area contributed by atoms with Crippen LogP contribution in [0.5, 0.6) is 0 Å². The Morgan fingerprint density at radius 2 is 2.04 bits per heavy atom. The minimum atomic E-state index is -0.415. The molecule has 0 fully saturated rings. The molecule has 0 aliphatic carbocycles. The first kappa shape index (κ1) is 17.7. The van der Waals surface area contributed by atoms with Gasteiger partial charge in [-0.05, 0) is 44.9 Å². The number of aliphatic imine (C=N–C) groups is 1. The van der Waals surface area contributed by atoms with Crippen molar-refractivity contribution in [3.8, 4) is 0 Å². The van der Waals surface area contributed by atoms with Crippen LogP contribution in [0.15, 0.2) is 34.5 Å². The van der Waals surface area contributed by atoms with Crippen LogP contribution in [0.3, 0.4) is 0 Å². The maximum absolute atomic E-state index is 12.4. The van der Waals surface area contributed by atoms with Crippen LogP contribution in [0, 0.1) is 0 Å². The summed E-state index contributed by atoms with van der Waals surface area (Å²) >= 11 is 11.9. The SMILES string of the molecule is CC(C)OC(=O)C1=C(CC(=O)c2ccc(Cl)cc2Cl)N=CCC1. The van der Waals surface area contributed by atoms with Gasteiger partial charge in [0.2, 0.25) is 0 Å². The number of rotatable bonds is 5. The molecule has 23 heavy (non-hydrogen) atoms. The molecule has 0 unspecified atom stereocenters. The van der Waals surface area contributed by atoms with Crippen molar-refractivity contribution >= 4 is 41.2 Å². The first-order valence-electron chi connectivity index (χ1n) is 7.32. The number of ether oxygens (including phenoxy) is 1. The molecule has 1 heterocycles. The van der Waals surface area contributed by atoms with Crippen LogP contribution < -0.4 is 0 Å². The summed E-state index contributed by atoms with van der Waals surface area (Å²) in [6.45, 7) is 3.56. The third-order valence-electron chi connectivity index (χ3n) is 3.27. The first-order chi connectivity index (χ1) is 10.9. The Balaban J connectivity index is 2.24. The molecule has 1 aromatic carbocycles. The van der Waals surface area contributed by atoms with E-state index in [-0.39, 0.29) is 23.3 Å². The lowest BCUT2D eigenvalue weighted by molar-refractivity contribution is -0.142. The van der Waals surface area contributed by atoms with Gasteiger partial charge in [-0.15, -0.1) is 0 Å². The number of Topliss-reactive ketones (excluding diaryl/α,β-unsaturated/α-hetero) is 1. The van der Waals surface area contributed by atoms with Gasteiger partial charge < -0.3 is 4.74 Å². The number of esters is 1. The minimum Gasteiger partial charge on any atom is -0.460 e. The topological polar surface area (TPSA) is 55.7 Å². The average Bonchev–Trinajstić information content (AvgIpc) is 2.46. The quantitative estimate of drug-likeness (QED) is 0.572. The molecule has 0 aromatic heterocycles. The highest BCUT2D eigenvalue weighted by atomic mass is 35.5. The monoisotopic (exact) mass is 353 g/mol. The van der Waals surface area contributed by atoms with Crippen molar-refractivity contribution in [3.63, 3.8) is 0 Å². The van der Waals surface area contributed by atoms with E-state index in [0.29, 0.717) is 34.7 Å². The number of allylic oxidation sites excluding steroid dienone is 1. The van der Waals surface area contributed by atoms with Crippen molar-refractivity contribution in [2.75, 3.05) is 0 Å². The average molecular weight is 354 g/mol. The maximum atomic E-state index is 12.4. The second-order valence-corrected chi connectivity index (χ2v) is 6.30. The molecule has 1 aliphatic heterocycles. The molecular formula is C17H17Cl2NO3. The van der Waals surface area contributed by atoms with E-state index in [1.165, 1.54) is 6.07 Å². The van der Waals surface area contributed by atoms with Crippen LogP contribution in [0.25, 0.3) is 0 Å². The summed E-state index contributed by atoms with van der Waals surface area (Å²) in [6, 6.07) is 4.70. The molecule has 2 rings (SSSR count). The molecule has 6 heteroatoms. The summed E-state index contributed by atoms with van der Waals surface area (Å²) in [5.41, 5.74) is 1.26. The Morgan fingerprint density at radius 1 is 1.30 bits per heavy atom. The van der Waals surface area contributed by atoms with Crippen molar-refractivity contribution < 1.29 is 14.3 Å². The molecule has 0 spiro atoms. The Morgan fingerprint density at radius 3 is 2.70 bits per heavy atom. The molecule has 0 N–H and O–H groups in total. The van der Waals surface area contributed by atoms with Crippen LogP contribution >= 0.6 is 23.2 Å². The Bertz CT molecular complexity index is 693. The zero-order valence-corrected chi connectivity index (χ0v) is 14.4. The highest BCUT2D eigenvalue weighted by molar-refractivity contribution is 6.36. The second-order valence-electron chi connectivity index (χ2n) is 5.45. The molecule has 0 radical (unpaired) electrons. The maximum Gasteiger partial charge on any atom is 0.336 e. The van der Waals surface area contributed by atoms with Crippen LogP contribution in [0.4, 0.5) is 0 Å². The smallest absolute Gasteiger partial charge is 0.336 e. The molecule has 122 valence electrons. The van der Waals surface area contributed by atoms with E-state index >= 15 is 0 Å². The van der Waals surface area contributed by atoms with Crippen molar-refractivity contribution in [2.45, 2.75) is 39.2 Å². The van der Waals surface area contributed by atoms with Gasteiger partial charge in [-0.3, -0.25) is 9.79 Å². The third-order valence-corrected chi connectivity index (χ3v) is 3.82. The highest BCUT2D eigenvalue weighted by Gasteiger charge is 2.22. The van der Waals surface area contributed by atoms with Gasteiger partial charge in [0.25, 0.3) is 0 Å². The van der Waals surface area contributed by atoms with Gasteiger partial charge in [0.1, 0.15) is 0 Å². The summed E-state index contributed by atoms with van der Waals surface area (Å²) in [5, 5.41) is 0.747. The molecule has 0 bridgehead atoms. The molecule has 0 atom stereocenters. The van der Waals surface area contributed by atoms with E-state index in [1.807, 2.05) is 0 Å². The molecule has 1 aromatic rings. The Labute approximate surface area is 145 Å². The molecule has 0 amide bonds. The fourth-order valence-corrected chi connectivity index (χ4v) is 2.74. The van der Waals surface area contributed by atoms with Gasteiger partial charge in [0.15, 0.2) is 5.78 Å².